The summed E-state index contributed by atoms with van der Waals surface area (Å²) in [4.78, 5) is 29.6. The van der Waals surface area contributed by atoms with Gasteiger partial charge in [-0.2, -0.15) is 0 Å². The molecule has 2 aromatic rings. The first-order valence-electron chi connectivity index (χ1n) is 7.69. The Bertz CT molecular complexity index is 759. The summed E-state index contributed by atoms with van der Waals surface area (Å²) >= 11 is 0. The second kappa shape index (κ2) is 6.73. The smallest absolute Gasteiger partial charge is 0.338 e. The number of carbonyl (C=O) groups is 1. The molecule has 1 saturated heterocycles. The minimum atomic E-state index is -0.429. The fourth-order valence-electron chi connectivity index (χ4n) is 3.06. The molecule has 0 bridgehead atoms. The highest BCUT2D eigenvalue weighted by Gasteiger charge is 2.28. The summed E-state index contributed by atoms with van der Waals surface area (Å²) in [5, 5.41) is 0. The maximum atomic E-state index is 13.3. The molecule has 6 heteroatoms. The van der Waals surface area contributed by atoms with Gasteiger partial charge in [0.25, 0.3) is 0 Å². The number of hydrogen-bond donors (Lipinski definition) is 0. The van der Waals surface area contributed by atoms with Crippen molar-refractivity contribution in [3.8, 4) is 0 Å². The number of hydrogen-bond acceptors (Lipinski definition) is 3. The standard InChI is InChI=1S/C17H18FN3O2/c18-14-5-1-4-13(10-14)11-15-6-2-9-21(15)16(22)12-20-8-3-7-19-17(20)23/h1,3-5,7-8,10,15H,2,6,9,11-12H2/t15-/m1/s1. The van der Waals surface area contributed by atoms with E-state index in [1.54, 1.807) is 23.2 Å². The van der Waals surface area contributed by atoms with Gasteiger partial charge in [0.05, 0.1) is 0 Å². The maximum absolute atomic E-state index is 13.3. The highest BCUT2D eigenvalue weighted by Crippen LogP contribution is 2.22. The Morgan fingerprint density at radius 3 is 3.00 bits per heavy atom. The number of nitrogens with zero attached hydrogens (tertiary/aromatic N) is 3. The number of halogens is 1. The lowest BCUT2D eigenvalue weighted by Gasteiger charge is -2.25. The Balaban J connectivity index is 1.70. The third-order valence-electron chi connectivity index (χ3n) is 4.15. The van der Waals surface area contributed by atoms with Crippen LogP contribution in [-0.2, 0) is 17.8 Å². The molecule has 1 aromatic carbocycles. The zero-order valence-corrected chi connectivity index (χ0v) is 12.7. The van der Waals surface area contributed by atoms with Gasteiger partial charge in [0.15, 0.2) is 0 Å². The third-order valence-corrected chi connectivity index (χ3v) is 4.15. The van der Waals surface area contributed by atoms with Crippen molar-refractivity contribution < 1.29 is 9.18 Å². The zero-order chi connectivity index (χ0) is 16.2. The fourth-order valence-corrected chi connectivity index (χ4v) is 3.06. The number of amides is 1. The van der Waals surface area contributed by atoms with Gasteiger partial charge in [-0.05, 0) is 43.0 Å². The van der Waals surface area contributed by atoms with Crippen molar-refractivity contribution in [1.82, 2.24) is 14.5 Å². The van der Waals surface area contributed by atoms with Crippen LogP contribution in [0.4, 0.5) is 4.39 Å². The van der Waals surface area contributed by atoms with E-state index in [1.165, 1.54) is 22.9 Å². The van der Waals surface area contributed by atoms with Crippen LogP contribution in [0.25, 0.3) is 0 Å². The fraction of sp³-hybridized carbons (Fsp3) is 0.353. The number of aromatic nitrogens is 2. The Kier molecular flexibility index (Phi) is 4.50. The summed E-state index contributed by atoms with van der Waals surface area (Å²) in [5.41, 5.74) is 0.454. The largest absolute Gasteiger partial charge is 0.347 e. The predicted molar refractivity (Wildman–Crippen MR) is 83.3 cm³/mol. The van der Waals surface area contributed by atoms with Crippen molar-refractivity contribution in [1.29, 1.82) is 0 Å². The van der Waals surface area contributed by atoms with Crippen LogP contribution in [0.15, 0.2) is 47.5 Å². The Hall–Kier alpha value is -2.50. The molecule has 1 aliphatic heterocycles. The number of likely N-dealkylation sites (tertiary alicyclic amines) is 1. The van der Waals surface area contributed by atoms with Gasteiger partial charge in [-0.3, -0.25) is 9.36 Å². The highest BCUT2D eigenvalue weighted by atomic mass is 19.1. The van der Waals surface area contributed by atoms with Crippen LogP contribution in [-0.4, -0.2) is 32.9 Å². The molecule has 3 rings (SSSR count). The first-order chi connectivity index (χ1) is 11.1. The quantitative estimate of drug-likeness (QED) is 0.861. The first-order valence-corrected chi connectivity index (χ1v) is 7.69. The van der Waals surface area contributed by atoms with E-state index in [0.29, 0.717) is 13.0 Å². The molecular formula is C17H18FN3O2. The summed E-state index contributed by atoms with van der Waals surface area (Å²) in [6.45, 7) is 0.667. The van der Waals surface area contributed by atoms with Crippen LogP contribution in [0.2, 0.25) is 0 Å². The van der Waals surface area contributed by atoms with Gasteiger partial charge in [-0.25, -0.2) is 14.2 Å². The minimum absolute atomic E-state index is 0.00761. The van der Waals surface area contributed by atoms with Crippen molar-refractivity contribution >= 4 is 5.91 Å². The summed E-state index contributed by atoms with van der Waals surface area (Å²) in [7, 11) is 0. The first kappa shape index (κ1) is 15.4. The molecule has 0 saturated carbocycles. The molecule has 23 heavy (non-hydrogen) atoms. The van der Waals surface area contributed by atoms with E-state index < -0.39 is 5.69 Å². The lowest BCUT2D eigenvalue weighted by atomic mass is 10.0. The van der Waals surface area contributed by atoms with Gasteiger partial charge < -0.3 is 4.90 Å². The molecule has 0 unspecified atom stereocenters. The molecule has 2 heterocycles. The van der Waals surface area contributed by atoms with Crippen LogP contribution >= 0.6 is 0 Å². The molecule has 1 amide bonds. The van der Waals surface area contributed by atoms with Gasteiger partial charge >= 0.3 is 5.69 Å². The van der Waals surface area contributed by atoms with E-state index >= 15 is 0 Å². The molecule has 1 atom stereocenters. The second-order valence-electron chi connectivity index (χ2n) is 5.75. The SMILES string of the molecule is O=C(Cn1cccnc1=O)N1CCC[C@@H]1Cc1cccc(F)c1. The molecule has 5 nitrogen and oxygen atoms in total. The zero-order valence-electron chi connectivity index (χ0n) is 12.7. The van der Waals surface area contributed by atoms with Gasteiger partial charge in [0.2, 0.25) is 5.91 Å². The van der Waals surface area contributed by atoms with E-state index in [-0.39, 0.29) is 24.3 Å². The molecule has 120 valence electrons. The molecule has 0 aliphatic carbocycles. The van der Waals surface area contributed by atoms with E-state index in [9.17, 15) is 14.0 Å². The average molecular weight is 315 g/mol. The van der Waals surface area contributed by atoms with E-state index in [0.717, 1.165) is 18.4 Å². The van der Waals surface area contributed by atoms with Gasteiger partial charge in [-0.15, -0.1) is 0 Å². The van der Waals surface area contributed by atoms with Gasteiger partial charge in [-0.1, -0.05) is 12.1 Å². The Morgan fingerprint density at radius 1 is 1.35 bits per heavy atom. The number of rotatable bonds is 4. The predicted octanol–water partition coefficient (Wildman–Crippen LogP) is 1.62. The summed E-state index contributed by atoms with van der Waals surface area (Å²) < 4.78 is 14.6. The monoisotopic (exact) mass is 315 g/mol. The normalized spacial score (nSPS) is 17.4. The van der Waals surface area contributed by atoms with Crippen molar-refractivity contribution in [2.75, 3.05) is 6.54 Å². The summed E-state index contributed by atoms with van der Waals surface area (Å²) in [5.74, 6) is -0.362. The second-order valence-corrected chi connectivity index (χ2v) is 5.75. The van der Waals surface area contributed by atoms with Crippen LogP contribution in [0, 0.1) is 5.82 Å². The Labute approximate surface area is 133 Å². The van der Waals surface area contributed by atoms with E-state index in [1.807, 2.05) is 6.07 Å². The van der Waals surface area contributed by atoms with Crippen molar-refractivity contribution in [2.24, 2.45) is 0 Å². The van der Waals surface area contributed by atoms with Gasteiger partial charge in [0.1, 0.15) is 12.4 Å². The molecular weight excluding hydrogens is 297 g/mol. The molecule has 1 aromatic heterocycles. The third kappa shape index (κ3) is 3.64. The van der Waals surface area contributed by atoms with Crippen LogP contribution in [0.5, 0.6) is 0 Å². The molecule has 0 N–H and O–H groups in total. The highest BCUT2D eigenvalue weighted by molar-refractivity contribution is 5.76. The van der Waals surface area contributed by atoms with Crippen molar-refractivity contribution in [3.05, 3.63) is 64.6 Å². The molecule has 1 aliphatic rings. The lowest BCUT2D eigenvalue weighted by molar-refractivity contribution is -0.132. The Morgan fingerprint density at radius 2 is 2.22 bits per heavy atom. The molecule has 0 radical (unpaired) electrons. The number of carbonyl (C=O) groups excluding carboxylic acids is 1. The molecule has 1 fully saturated rings. The topological polar surface area (TPSA) is 55.2 Å². The summed E-state index contributed by atoms with van der Waals surface area (Å²) in [6.07, 6.45) is 5.42. The summed E-state index contributed by atoms with van der Waals surface area (Å²) in [6, 6.07) is 8.15. The van der Waals surface area contributed by atoms with Crippen molar-refractivity contribution in [3.63, 3.8) is 0 Å². The van der Waals surface area contributed by atoms with Crippen LogP contribution < -0.4 is 5.69 Å². The maximum Gasteiger partial charge on any atom is 0.347 e. The van der Waals surface area contributed by atoms with E-state index in [4.69, 9.17) is 0 Å². The number of benzene rings is 1. The van der Waals surface area contributed by atoms with Crippen molar-refractivity contribution in [2.45, 2.75) is 31.8 Å². The van der Waals surface area contributed by atoms with E-state index in [2.05, 4.69) is 4.98 Å². The molecule has 0 spiro atoms. The average Bonchev–Trinajstić information content (AvgIpc) is 2.98. The van der Waals surface area contributed by atoms with Gasteiger partial charge in [0, 0.05) is 25.0 Å². The minimum Gasteiger partial charge on any atom is -0.338 e. The van der Waals surface area contributed by atoms with Crippen LogP contribution in [0.1, 0.15) is 18.4 Å². The van der Waals surface area contributed by atoms with Crippen LogP contribution in [0.3, 0.4) is 0 Å². The lowest BCUT2D eigenvalue weighted by Crippen LogP contribution is -2.40.